The van der Waals surface area contributed by atoms with E-state index in [0.29, 0.717) is 21.5 Å². The van der Waals surface area contributed by atoms with Gasteiger partial charge in [0.15, 0.2) is 5.16 Å². The van der Waals surface area contributed by atoms with Crippen LogP contribution in [0.5, 0.6) is 0 Å². The van der Waals surface area contributed by atoms with Crippen molar-refractivity contribution < 1.29 is 24.5 Å². The van der Waals surface area contributed by atoms with Crippen molar-refractivity contribution in [3.63, 3.8) is 0 Å². The smallest absolute Gasteiger partial charge is 0.316 e. The number of hydrogen-bond donors (Lipinski definition) is 4. The zero-order chi connectivity index (χ0) is 29.0. The molecule has 1 aliphatic carbocycles. The molecule has 13 nitrogen and oxygen atoms in total. The van der Waals surface area contributed by atoms with Gasteiger partial charge in [0.05, 0.1) is 29.7 Å². The summed E-state index contributed by atoms with van der Waals surface area (Å²) in [5.74, 6) is 6.12. The zero-order valence-electron chi connectivity index (χ0n) is 22.1. The molecule has 1 saturated carbocycles. The lowest BCUT2D eigenvalue weighted by molar-refractivity contribution is -0.147. The second-order valence-corrected chi connectivity index (χ2v) is 12.1. The Kier molecular flexibility index (Phi) is 7.03. The second kappa shape index (κ2) is 10.7. The topological polar surface area (TPSA) is 173 Å². The van der Waals surface area contributed by atoms with Crippen molar-refractivity contribution in [2.45, 2.75) is 54.0 Å². The highest BCUT2D eigenvalue weighted by Gasteiger charge is 2.59. The molecule has 42 heavy (non-hydrogen) atoms. The lowest BCUT2D eigenvalue weighted by Gasteiger charge is -2.41. The number of carbonyl (C=O) groups is 1. The first kappa shape index (κ1) is 27.5. The third-order valence-electron chi connectivity index (χ3n) is 7.94. The second-order valence-electron chi connectivity index (χ2n) is 10.5. The molecule has 0 spiro atoms. The van der Waals surface area contributed by atoms with Crippen LogP contribution in [0.15, 0.2) is 68.2 Å². The minimum Gasteiger partial charge on any atom is -0.462 e. The molecule has 3 aromatic rings. The molecule has 0 bridgehead atoms. The molecule has 1 unspecified atom stereocenters. The van der Waals surface area contributed by atoms with E-state index in [1.54, 1.807) is 0 Å². The summed E-state index contributed by atoms with van der Waals surface area (Å²) in [4.78, 5) is 21.2. The van der Waals surface area contributed by atoms with Gasteiger partial charge in [-0.15, -0.1) is 10.2 Å². The molecule has 5 atom stereocenters. The largest absolute Gasteiger partial charge is 0.462 e. The van der Waals surface area contributed by atoms with Gasteiger partial charge in [-0.1, -0.05) is 42.1 Å². The van der Waals surface area contributed by atoms with Crippen LogP contribution in [0.2, 0.25) is 0 Å². The van der Waals surface area contributed by atoms with E-state index in [-0.39, 0.29) is 12.4 Å². The summed E-state index contributed by atoms with van der Waals surface area (Å²) in [5.41, 5.74) is 1.42. The maximum Gasteiger partial charge on any atom is 0.316 e. The first-order chi connectivity index (χ1) is 20.4. The molecule has 1 saturated heterocycles. The van der Waals surface area contributed by atoms with E-state index in [9.17, 15) is 15.0 Å². The number of hydrogen-bond acceptors (Lipinski definition) is 13. The maximum absolute atomic E-state index is 12.8. The number of ether oxygens (including phenoxy) is 2. The summed E-state index contributed by atoms with van der Waals surface area (Å²) in [7, 11) is 0. The molecule has 7 rings (SSSR count). The molecule has 4 heterocycles. The standard InChI is InChI=1S/C27H27BrN8O5S/c28-25-33-34-26(36(25)18-8-7-15(14-5-6-14)16-3-1-2-4-17(16)18)42-11-21(37)40-10-19-22(38)23(39)24(41-19)27-20(31-12-32-27)9-30-13-35(27)29/h1-4,7-9,12-14,19,22-24,38-39H,5-6,10-11,29H2,(H,31,32)/t19-,22-,23-,24+,27?/m1/s1. The van der Waals surface area contributed by atoms with Crippen LogP contribution in [-0.2, 0) is 14.3 Å². The van der Waals surface area contributed by atoms with Crippen LogP contribution in [0.25, 0.3) is 16.5 Å². The van der Waals surface area contributed by atoms with Gasteiger partial charge in [0.2, 0.25) is 10.4 Å². The minimum absolute atomic E-state index is 0.0594. The summed E-state index contributed by atoms with van der Waals surface area (Å²) in [6, 6.07) is 12.5. The molecular weight excluding hydrogens is 628 g/mol. The summed E-state index contributed by atoms with van der Waals surface area (Å²) in [5, 5.41) is 36.9. The van der Waals surface area contributed by atoms with Crippen molar-refractivity contribution in [1.29, 1.82) is 0 Å². The Morgan fingerprint density at radius 2 is 2.00 bits per heavy atom. The van der Waals surface area contributed by atoms with E-state index < -0.39 is 36.0 Å². The van der Waals surface area contributed by atoms with Gasteiger partial charge in [-0.2, -0.15) is 0 Å². The van der Waals surface area contributed by atoms with Crippen molar-refractivity contribution in [1.82, 2.24) is 25.1 Å². The van der Waals surface area contributed by atoms with E-state index in [0.717, 1.165) is 11.1 Å². The van der Waals surface area contributed by atoms with Crippen LogP contribution in [0.4, 0.5) is 0 Å². The SMILES string of the molecule is NN1C=NC=C2NC=NC21[C@H]1O[C@H](COC(=O)CSc2nnc(Br)n2-c2ccc(C3CC3)c3ccccc23)[C@@H](O)[C@H]1O. The van der Waals surface area contributed by atoms with E-state index in [2.05, 4.69) is 65.7 Å². The fourth-order valence-corrected chi connectivity index (χ4v) is 7.01. The van der Waals surface area contributed by atoms with Gasteiger partial charge in [-0.25, -0.2) is 15.8 Å². The Hall–Kier alpha value is -3.34. The first-order valence-corrected chi connectivity index (χ1v) is 15.2. The molecule has 4 aliphatic rings. The highest BCUT2D eigenvalue weighted by molar-refractivity contribution is 9.10. The van der Waals surface area contributed by atoms with Crippen LogP contribution in [0.3, 0.4) is 0 Å². The molecular formula is C27H27BrN8O5S. The van der Waals surface area contributed by atoms with Gasteiger partial charge >= 0.3 is 5.97 Å². The highest BCUT2D eigenvalue weighted by Crippen LogP contribution is 2.44. The zero-order valence-corrected chi connectivity index (χ0v) is 24.5. The van der Waals surface area contributed by atoms with Gasteiger partial charge in [-0.05, 0) is 51.7 Å². The fourth-order valence-electron chi connectivity index (χ4n) is 5.71. The average Bonchev–Trinajstić information content (AvgIpc) is 3.54. The van der Waals surface area contributed by atoms with Gasteiger partial charge in [-0.3, -0.25) is 14.4 Å². The molecule has 15 heteroatoms. The molecule has 2 fully saturated rings. The van der Waals surface area contributed by atoms with Crippen molar-refractivity contribution in [2.75, 3.05) is 12.4 Å². The van der Waals surface area contributed by atoms with E-state index in [1.165, 1.54) is 59.4 Å². The normalized spacial score (nSPS) is 28.2. The number of carbonyl (C=O) groups excluding carboxylic acids is 1. The van der Waals surface area contributed by atoms with Gasteiger partial charge < -0.3 is 25.0 Å². The first-order valence-electron chi connectivity index (χ1n) is 13.4. The van der Waals surface area contributed by atoms with Crippen LogP contribution in [0.1, 0.15) is 24.3 Å². The number of thioether (sulfide) groups is 1. The number of nitrogens with zero attached hydrogens (tertiary/aromatic N) is 6. The monoisotopic (exact) mass is 654 g/mol. The van der Waals surface area contributed by atoms with Crippen molar-refractivity contribution >= 4 is 57.1 Å². The number of esters is 1. The van der Waals surface area contributed by atoms with Crippen LogP contribution >= 0.6 is 27.7 Å². The lowest BCUT2D eigenvalue weighted by atomic mass is 9.93. The Morgan fingerprint density at radius 1 is 1.19 bits per heavy atom. The van der Waals surface area contributed by atoms with Gasteiger partial charge in [0.25, 0.3) is 0 Å². The summed E-state index contributed by atoms with van der Waals surface area (Å²) in [6.07, 6.45) is 1.98. The Balaban J connectivity index is 1.02. The molecule has 3 aliphatic heterocycles. The molecule has 5 N–H and O–H groups in total. The summed E-state index contributed by atoms with van der Waals surface area (Å²) in [6.45, 7) is -0.275. The molecule has 1 aromatic heterocycles. The van der Waals surface area contributed by atoms with Crippen LogP contribution in [0, 0.1) is 0 Å². The van der Waals surface area contributed by atoms with E-state index >= 15 is 0 Å². The quantitative estimate of drug-likeness (QED) is 0.158. The number of hydrazine groups is 1. The predicted molar refractivity (Wildman–Crippen MR) is 158 cm³/mol. The minimum atomic E-state index is -1.35. The molecule has 2 aromatic carbocycles. The Morgan fingerprint density at radius 3 is 2.81 bits per heavy atom. The number of halogens is 1. The Labute approximate surface area is 252 Å². The maximum atomic E-state index is 12.8. The summed E-state index contributed by atoms with van der Waals surface area (Å²) < 4.78 is 13.8. The van der Waals surface area contributed by atoms with Crippen LogP contribution in [-0.4, -0.2) is 91.1 Å². The lowest BCUT2D eigenvalue weighted by Crippen LogP contribution is -2.63. The third-order valence-corrected chi connectivity index (χ3v) is 9.36. The van der Waals surface area contributed by atoms with Crippen LogP contribution < -0.4 is 11.2 Å². The third kappa shape index (κ3) is 4.51. The number of nitrogens with two attached hydrogens (primary N) is 1. The Bertz CT molecular complexity index is 1640. The predicted octanol–water partition coefficient (Wildman–Crippen LogP) is 1.57. The van der Waals surface area contributed by atoms with Crippen molar-refractivity contribution in [3.8, 4) is 5.69 Å². The van der Waals surface area contributed by atoms with Gasteiger partial charge in [0, 0.05) is 5.39 Å². The van der Waals surface area contributed by atoms with Gasteiger partial charge in [0.1, 0.15) is 37.4 Å². The van der Waals surface area contributed by atoms with Crippen molar-refractivity contribution in [2.24, 2.45) is 15.8 Å². The average molecular weight is 656 g/mol. The van der Waals surface area contributed by atoms with E-state index in [1.807, 2.05) is 16.7 Å². The number of rotatable bonds is 8. The number of fused-ring (bicyclic) bond motifs is 2. The highest BCUT2D eigenvalue weighted by atomic mass is 79.9. The molecule has 0 amide bonds. The number of aliphatic hydroxyl groups excluding tert-OH is 2. The van der Waals surface area contributed by atoms with Crippen molar-refractivity contribution in [3.05, 3.63) is 58.6 Å². The number of benzene rings is 2. The van der Waals surface area contributed by atoms with E-state index in [4.69, 9.17) is 15.3 Å². The number of nitrogens with one attached hydrogen (secondary N) is 1. The number of aliphatic hydroxyl groups is 2. The number of aliphatic imine (C=N–C) groups is 2. The molecule has 0 radical (unpaired) electrons. The number of aromatic nitrogens is 3. The summed E-state index contributed by atoms with van der Waals surface area (Å²) >= 11 is 4.69. The fraction of sp³-hybridized carbons (Fsp3) is 0.370. The molecule has 218 valence electrons.